The predicted octanol–water partition coefficient (Wildman–Crippen LogP) is 5.17. The van der Waals surface area contributed by atoms with Gasteiger partial charge in [0.2, 0.25) is 5.91 Å². The summed E-state index contributed by atoms with van der Waals surface area (Å²) in [6.07, 6.45) is 3.31. The number of carbonyl (C=O) groups is 1. The second kappa shape index (κ2) is 9.27. The van der Waals surface area contributed by atoms with Crippen LogP contribution in [0.1, 0.15) is 30.5 Å². The van der Waals surface area contributed by atoms with Crippen molar-refractivity contribution in [3.8, 4) is 0 Å². The zero-order valence-corrected chi connectivity index (χ0v) is 20.3. The molecule has 1 amide bonds. The fourth-order valence-electron chi connectivity index (χ4n) is 5.19. The van der Waals surface area contributed by atoms with Gasteiger partial charge in [0.05, 0.1) is 17.7 Å². The summed E-state index contributed by atoms with van der Waals surface area (Å²) < 4.78 is 0. The summed E-state index contributed by atoms with van der Waals surface area (Å²) in [5, 5.41) is 2.02. The normalized spacial score (nSPS) is 19.4. The van der Waals surface area contributed by atoms with Crippen LogP contribution in [0, 0.1) is 11.3 Å². The topological polar surface area (TPSA) is 39.7 Å². The second-order valence-electron chi connectivity index (χ2n) is 9.63. The van der Waals surface area contributed by atoms with E-state index in [2.05, 4.69) is 70.4 Å². The largest absolute Gasteiger partial charge is 0.345 e. The third kappa shape index (κ3) is 4.82. The predicted molar refractivity (Wildman–Crippen MR) is 135 cm³/mol. The lowest BCUT2D eigenvalue weighted by atomic mass is 9.90. The van der Waals surface area contributed by atoms with E-state index >= 15 is 0 Å². The van der Waals surface area contributed by atoms with Gasteiger partial charge in [-0.1, -0.05) is 30.3 Å². The van der Waals surface area contributed by atoms with Crippen molar-refractivity contribution in [3.63, 3.8) is 0 Å². The third-order valence-electron chi connectivity index (χ3n) is 7.47. The Morgan fingerprint density at radius 1 is 1.06 bits per heavy atom. The van der Waals surface area contributed by atoms with Crippen molar-refractivity contribution >= 4 is 28.6 Å². The van der Waals surface area contributed by atoms with Crippen LogP contribution in [0.25, 0.3) is 0 Å². The highest BCUT2D eigenvalue weighted by molar-refractivity contribution is 7.07. The number of para-hydroxylation sites is 1. The summed E-state index contributed by atoms with van der Waals surface area (Å²) in [5.41, 5.74) is 6.80. The van der Waals surface area contributed by atoms with Gasteiger partial charge in [0, 0.05) is 43.3 Å². The van der Waals surface area contributed by atoms with E-state index in [1.807, 2.05) is 28.9 Å². The number of rotatable bonds is 7. The number of likely N-dealkylation sites (tertiary alicyclic amines) is 1. The molecule has 5 nitrogen and oxygen atoms in total. The third-order valence-corrected chi connectivity index (χ3v) is 8.11. The Labute approximate surface area is 200 Å². The molecule has 2 fully saturated rings. The molecule has 1 aromatic heterocycles. The number of benzene rings is 2. The maximum absolute atomic E-state index is 13.0. The first-order valence-electron chi connectivity index (χ1n) is 11.8. The number of anilines is 2. The minimum Gasteiger partial charge on any atom is -0.345 e. The SMILES string of the molecule is CN(Cc1cscn1)C(=O)C1CC12CCN(Cc1ccc(N(C)c3ccccc3)cc1)CC2. The molecule has 5 rings (SSSR count). The molecular weight excluding hydrogens is 428 g/mol. The van der Waals surface area contributed by atoms with Gasteiger partial charge < -0.3 is 9.80 Å². The fraction of sp³-hybridized carbons (Fsp3) is 0.407. The Hall–Kier alpha value is -2.70. The summed E-state index contributed by atoms with van der Waals surface area (Å²) in [5.74, 6) is 0.505. The molecule has 172 valence electrons. The lowest BCUT2D eigenvalue weighted by Gasteiger charge is -2.33. The molecule has 0 bridgehead atoms. The molecule has 0 radical (unpaired) electrons. The molecule has 1 atom stereocenters. The Morgan fingerprint density at radius 2 is 1.76 bits per heavy atom. The van der Waals surface area contributed by atoms with Crippen LogP contribution in [-0.2, 0) is 17.9 Å². The van der Waals surface area contributed by atoms with E-state index in [1.54, 1.807) is 11.3 Å². The van der Waals surface area contributed by atoms with Crippen molar-refractivity contribution in [1.82, 2.24) is 14.8 Å². The van der Waals surface area contributed by atoms with Gasteiger partial charge >= 0.3 is 0 Å². The number of nitrogens with zero attached hydrogens (tertiary/aromatic N) is 4. The minimum absolute atomic E-state index is 0.205. The van der Waals surface area contributed by atoms with Crippen LogP contribution in [-0.4, -0.2) is 47.9 Å². The maximum atomic E-state index is 13.0. The van der Waals surface area contributed by atoms with Crippen LogP contribution in [0.5, 0.6) is 0 Å². The molecule has 3 aromatic rings. The zero-order chi connectivity index (χ0) is 22.8. The van der Waals surface area contributed by atoms with Crippen LogP contribution < -0.4 is 4.90 Å². The number of piperidine rings is 1. The monoisotopic (exact) mass is 460 g/mol. The summed E-state index contributed by atoms with van der Waals surface area (Å²) in [6, 6.07) is 19.4. The van der Waals surface area contributed by atoms with E-state index in [0.29, 0.717) is 12.5 Å². The van der Waals surface area contributed by atoms with Gasteiger partial charge in [-0.05, 0) is 67.6 Å². The quantitative estimate of drug-likeness (QED) is 0.488. The average Bonchev–Trinajstić information content (AvgIpc) is 3.29. The van der Waals surface area contributed by atoms with Crippen LogP contribution in [0.3, 0.4) is 0 Å². The lowest BCUT2D eigenvalue weighted by Crippen LogP contribution is -2.37. The molecule has 1 saturated heterocycles. The first-order chi connectivity index (χ1) is 16.0. The van der Waals surface area contributed by atoms with E-state index in [0.717, 1.165) is 44.6 Å². The number of amides is 1. The molecule has 33 heavy (non-hydrogen) atoms. The molecule has 2 heterocycles. The van der Waals surface area contributed by atoms with E-state index < -0.39 is 0 Å². The number of aromatic nitrogens is 1. The molecule has 1 spiro atoms. The highest BCUT2D eigenvalue weighted by Gasteiger charge is 2.58. The highest BCUT2D eigenvalue weighted by atomic mass is 32.1. The molecule has 2 aliphatic rings. The van der Waals surface area contributed by atoms with Crippen LogP contribution in [0.4, 0.5) is 11.4 Å². The number of carbonyl (C=O) groups excluding carboxylic acids is 1. The molecule has 0 N–H and O–H groups in total. The van der Waals surface area contributed by atoms with Gasteiger partial charge in [-0.2, -0.15) is 0 Å². The highest BCUT2D eigenvalue weighted by Crippen LogP contribution is 2.60. The van der Waals surface area contributed by atoms with Crippen molar-refractivity contribution in [1.29, 1.82) is 0 Å². The molecule has 1 unspecified atom stereocenters. The Bertz CT molecular complexity index is 1060. The van der Waals surface area contributed by atoms with Gasteiger partial charge in [-0.25, -0.2) is 4.98 Å². The summed E-state index contributed by atoms with van der Waals surface area (Å²) in [4.78, 5) is 23.9. The molecule has 1 aliphatic heterocycles. The molecule has 1 saturated carbocycles. The maximum Gasteiger partial charge on any atom is 0.226 e. The van der Waals surface area contributed by atoms with E-state index in [-0.39, 0.29) is 11.3 Å². The minimum atomic E-state index is 0.205. The number of hydrogen-bond donors (Lipinski definition) is 0. The van der Waals surface area contributed by atoms with Crippen molar-refractivity contribution in [3.05, 3.63) is 76.7 Å². The van der Waals surface area contributed by atoms with Gasteiger partial charge in [-0.15, -0.1) is 11.3 Å². The smallest absolute Gasteiger partial charge is 0.226 e. The van der Waals surface area contributed by atoms with Gasteiger partial charge in [0.25, 0.3) is 0 Å². The molecular formula is C27H32N4OS. The fourth-order valence-corrected chi connectivity index (χ4v) is 5.74. The summed E-state index contributed by atoms with van der Waals surface area (Å²) in [6.45, 7) is 3.75. The van der Waals surface area contributed by atoms with E-state index in [1.165, 1.54) is 16.9 Å². The number of hydrogen-bond acceptors (Lipinski definition) is 5. The van der Waals surface area contributed by atoms with Crippen molar-refractivity contribution in [2.45, 2.75) is 32.4 Å². The Balaban J connectivity index is 1.11. The zero-order valence-electron chi connectivity index (χ0n) is 19.5. The van der Waals surface area contributed by atoms with Crippen molar-refractivity contribution < 1.29 is 4.79 Å². The Morgan fingerprint density at radius 3 is 2.42 bits per heavy atom. The molecule has 2 aromatic carbocycles. The van der Waals surface area contributed by atoms with Gasteiger partial charge in [0.15, 0.2) is 0 Å². The average molecular weight is 461 g/mol. The van der Waals surface area contributed by atoms with Gasteiger partial charge in [-0.3, -0.25) is 9.69 Å². The van der Waals surface area contributed by atoms with Crippen LogP contribution in [0.2, 0.25) is 0 Å². The Kier molecular flexibility index (Phi) is 6.21. The first kappa shape index (κ1) is 22.1. The summed E-state index contributed by atoms with van der Waals surface area (Å²) in [7, 11) is 4.03. The van der Waals surface area contributed by atoms with Crippen molar-refractivity contribution in [2.24, 2.45) is 11.3 Å². The van der Waals surface area contributed by atoms with Crippen LogP contribution >= 0.6 is 11.3 Å². The van der Waals surface area contributed by atoms with E-state index in [4.69, 9.17) is 0 Å². The first-order valence-corrected chi connectivity index (χ1v) is 12.7. The lowest BCUT2D eigenvalue weighted by molar-refractivity contribution is -0.133. The van der Waals surface area contributed by atoms with Gasteiger partial charge in [0.1, 0.15) is 0 Å². The van der Waals surface area contributed by atoms with Crippen LogP contribution in [0.15, 0.2) is 65.5 Å². The van der Waals surface area contributed by atoms with Crippen molar-refractivity contribution in [2.75, 3.05) is 32.1 Å². The second-order valence-corrected chi connectivity index (χ2v) is 10.3. The molecule has 6 heteroatoms. The number of thiazole rings is 1. The molecule has 1 aliphatic carbocycles. The summed E-state index contributed by atoms with van der Waals surface area (Å²) >= 11 is 1.58. The van der Waals surface area contributed by atoms with E-state index in [9.17, 15) is 4.79 Å². The standard InChI is InChI=1S/C27H32N4OS/c1-29(18-22-19-33-20-28-22)26(32)25-16-27(25)12-14-31(15-13-27)17-21-8-10-24(11-9-21)30(2)23-6-4-3-5-7-23/h3-11,19-20,25H,12-18H2,1-2H3.